The molecule has 1 atom stereocenters. The summed E-state index contributed by atoms with van der Waals surface area (Å²) >= 11 is 0. The number of carbonyl (C=O) groups excluding carboxylic acids is 1. The van der Waals surface area contributed by atoms with Crippen LogP contribution in [0.5, 0.6) is 11.5 Å². The molecule has 0 bridgehead atoms. The van der Waals surface area contributed by atoms with Crippen LogP contribution in [-0.2, 0) is 17.8 Å². The van der Waals surface area contributed by atoms with Crippen molar-refractivity contribution in [3.05, 3.63) is 59.7 Å². The van der Waals surface area contributed by atoms with Crippen LogP contribution in [0.25, 0.3) is 0 Å². The summed E-state index contributed by atoms with van der Waals surface area (Å²) in [4.78, 5) is 17.3. The van der Waals surface area contributed by atoms with Crippen molar-refractivity contribution in [1.29, 1.82) is 0 Å². The molecule has 168 valence electrons. The predicted molar refractivity (Wildman–Crippen MR) is 124 cm³/mol. The minimum Gasteiger partial charge on any atom is -0.497 e. The van der Waals surface area contributed by atoms with Crippen LogP contribution in [0.1, 0.15) is 25.0 Å². The van der Waals surface area contributed by atoms with Gasteiger partial charge in [-0.3, -0.25) is 14.6 Å². The Labute approximate surface area is 186 Å². The molecule has 1 fully saturated rings. The average molecular weight is 426 g/mol. The SMILES string of the molecule is CCOc1ccc(CN2CCN(C(C)C(=O)NCCc3ccc(OC)cc3)CC2)cc1. The van der Waals surface area contributed by atoms with E-state index in [1.54, 1.807) is 7.11 Å². The number of hydrogen-bond acceptors (Lipinski definition) is 5. The van der Waals surface area contributed by atoms with E-state index in [0.29, 0.717) is 13.2 Å². The largest absolute Gasteiger partial charge is 0.497 e. The minimum atomic E-state index is -0.108. The van der Waals surface area contributed by atoms with Gasteiger partial charge in [-0.05, 0) is 55.7 Å². The Morgan fingerprint density at radius 3 is 2.19 bits per heavy atom. The van der Waals surface area contributed by atoms with Gasteiger partial charge in [0.2, 0.25) is 5.91 Å². The number of hydrogen-bond donors (Lipinski definition) is 1. The molecule has 1 aliphatic heterocycles. The molecule has 1 N–H and O–H groups in total. The summed E-state index contributed by atoms with van der Waals surface area (Å²) in [6.45, 7) is 10.0. The van der Waals surface area contributed by atoms with Gasteiger partial charge in [0.1, 0.15) is 11.5 Å². The molecule has 0 spiro atoms. The number of methoxy groups -OCH3 is 1. The van der Waals surface area contributed by atoms with Gasteiger partial charge in [0.05, 0.1) is 19.8 Å². The quantitative estimate of drug-likeness (QED) is 0.634. The summed E-state index contributed by atoms with van der Waals surface area (Å²) in [5, 5.41) is 3.09. The normalized spacial score (nSPS) is 16.0. The highest BCUT2D eigenvalue weighted by atomic mass is 16.5. The molecule has 1 amide bonds. The Morgan fingerprint density at radius 1 is 0.968 bits per heavy atom. The lowest BCUT2D eigenvalue weighted by molar-refractivity contribution is -0.126. The maximum atomic E-state index is 12.6. The number of rotatable bonds is 10. The smallest absolute Gasteiger partial charge is 0.237 e. The maximum absolute atomic E-state index is 12.6. The van der Waals surface area contributed by atoms with Crippen molar-refractivity contribution >= 4 is 5.91 Å². The first-order chi connectivity index (χ1) is 15.1. The van der Waals surface area contributed by atoms with Gasteiger partial charge < -0.3 is 14.8 Å². The second-order valence-electron chi connectivity index (χ2n) is 7.95. The third-order valence-electron chi connectivity index (χ3n) is 5.85. The van der Waals surface area contributed by atoms with Crippen molar-refractivity contribution in [2.75, 3.05) is 46.4 Å². The van der Waals surface area contributed by atoms with Crippen molar-refractivity contribution in [1.82, 2.24) is 15.1 Å². The molecule has 3 rings (SSSR count). The predicted octanol–water partition coefficient (Wildman–Crippen LogP) is 2.96. The topological polar surface area (TPSA) is 54.0 Å². The van der Waals surface area contributed by atoms with Crippen LogP contribution in [0.3, 0.4) is 0 Å². The zero-order chi connectivity index (χ0) is 22.1. The van der Waals surface area contributed by atoms with Gasteiger partial charge in [-0.1, -0.05) is 24.3 Å². The Hall–Kier alpha value is -2.57. The highest BCUT2D eigenvalue weighted by molar-refractivity contribution is 5.81. The molecule has 31 heavy (non-hydrogen) atoms. The van der Waals surface area contributed by atoms with Crippen LogP contribution in [0.4, 0.5) is 0 Å². The van der Waals surface area contributed by atoms with E-state index in [1.807, 2.05) is 50.2 Å². The summed E-state index contributed by atoms with van der Waals surface area (Å²) in [6.07, 6.45) is 0.818. The highest BCUT2D eigenvalue weighted by Crippen LogP contribution is 2.15. The molecule has 1 saturated heterocycles. The molecular formula is C25H35N3O3. The first-order valence-corrected chi connectivity index (χ1v) is 11.2. The first kappa shape index (κ1) is 23.1. The van der Waals surface area contributed by atoms with Crippen LogP contribution >= 0.6 is 0 Å². The van der Waals surface area contributed by atoms with Crippen LogP contribution in [-0.4, -0.2) is 68.2 Å². The third kappa shape index (κ3) is 6.97. The molecule has 1 heterocycles. The fourth-order valence-electron chi connectivity index (χ4n) is 3.86. The van der Waals surface area contributed by atoms with E-state index >= 15 is 0 Å². The van der Waals surface area contributed by atoms with E-state index < -0.39 is 0 Å². The maximum Gasteiger partial charge on any atom is 0.237 e. The van der Waals surface area contributed by atoms with Gasteiger partial charge in [-0.2, -0.15) is 0 Å². The van der Waals surface area contributed by atoms with Crippen molar-refractivity contribution in [2.45, 2.75) is 32.9 Å². The molecule has 6 nitrogen and oxygen atoms in total. The van der Waals surface area contributed by atoms with Gasteiger partial charge in [-0.15, -0.1) is 0 Å². The Balaban J connectivity index is 1.37. The molecule has 0 aliphatic carbocycles. The lowest BCUT2D eigenvalue weighted by Crippen LogP contribution is -2.53. The van der Waals surface area contributed by atoms with Gasteiger partial charge in [0.15, 0.2) is 0 Å². The molecular weight excluding hydrogens is 390 g/mol. The minimum absolute atomic E-state index is 0.105. The van der Waals surface area contributed by atoms with E-state index in [9.17, 15) is 4.79 Å². The van der Waals surface area contributed by atoms with Crippen LogP contribution < -0.4 is 14.8 Å². The molecule has 2 aromatic rings. The standard InChI is InChI=1S/C25H35N3O3/c1-4-31-24-11-7-22(8-12-24)19-27-15-17-28(18-16-27)20(2)25(29)26-14-13-21-5-9-23(30-3)10-6-21/h5-12,20H,4,13-19H2,1-3H3,(H,26,29). The summed E-state index contributed by atoms with van der Waals surface area (Å²) in [5.74, 6) is 1.87. The molecule has 2 aromatic carbocycles. The summed E-state index contributed by atoms with van der Waals surface area (Å²) in [6, 6.07) is 16.2. The fourth-order valence-corrected chi connectivity index (χ4v) is 3.86. The summed E-state index contributed by atoms with van der Waals surface area (Å²) in [7, 11) is 1.66. The third-order valence-corrected chi connectivity index (χ3v) is 5.85. The highest BCUT2D eigenvalue weighted by Gasteiger charge is 2.25. The van der Waals surface area contributed by atoms with Gasteiger partial charge >= 0.3 is 0 Å². The fraction of sp³-hybridized carbons (Fsp3) is 0.480. The Bertz CT molecular complexity index is 800. The van der Waals surface area contributed by atoms with E-state index in [-0.39, 0.29) is 11.9 Å². The monoisotopic (exact) mass is 425 g/mol. The molecule has 0 saturated carbocycles. The van der Waals surface area contributed by atoms with E-state index in [4.69, 9.17) is 9.47 Å². The lowest BCUT2D eigenvalue weighted by Gasteiger charge is -2.37. The van der Waals surface area contributed by atoms with Crippen LogP contribution in [0.15, 0.2) is 48.5 Å². The van der Waals surface area contributed by atoms with E-state index in [0.717, 1.165) is 50.6 Å². The van der Waals surface area contributed by atoms with Crippen molar-refractivity contribution in [2.24, 2.45) is 0 Å². The van der Waals surface area contributed by atoms with Gasteiger partial charge in [0.25, 0.3) is 0 Å². The van der Waals surface area contributed by atoms with Gasteiger partial charge in [-0.25, -0.2) is 0 Å². The second kappa shape index (κ2) is 11.7. The first-order valence-electron chi connectivity index (χ1n) is 11.2. The number of amides is 1. The zero-order valence-corrected chi connectivity index (χ0v) is 19.0. The van der Waals surface area contributed by atoms with Gasteiger partial charge in [0, 0.05) is 39.3 Å². The average Bonchev–Trinajstić information content (AvgIpc) is 2.81. The molecule has 0 radical (unpaired) electrons. The van der Waals surface area contributed by atoms with Crippen LogP contribution in [0, 0.1) is 0 Å². The lowest BCUT2D eigenvalue weighted by atomic mass is 10.1. The number of ether oxygens (including phenoxy) is 2. The molecule has 0 aromatic heterocycles. The number of piperazine rings is 1. The number of carbonyl (C=O) groups is 1. The second-order valence-corrected chi connectivity index (χ2v) is 7.95. The van der Waals surface area contributed by atoms with Crippen molar-refractivity contribution in [3.8, 4) is 11.5 Å². The van der Waals surface area contributed by atoms with E-state index in [2.05, 4.69) is 27.2 Å². The number of nitrogens with one attached hydrogen (secondary N) is 1. The Kier molecular flexibility index (Phi) is 8.74. The van der Waals surface area contributed by atoms with Crippen LogP contribution in [0.2, 0.25) is 0 Å². The molecule has 1 aliphatic rings. The number of benzene rings is 2. The van der Waals surface area contributed by atoms with Crippen molar-refractivity contribution in [3.63, 3.8) is 0 Å². The zero-order valence-electron chi connectivity index (χ0n) is 19.0. The molecule has 1 unspecified atom stereocenters. The van der Waals surface area contributed by atoms with Crippen molar-refractivity contribution < 1.29 is 14.3 Å². The number of nitrogens with zero attached hydrogens (tertiary/aromatic N) is 2. The molecule has 6 heteroatoms. The summed E-state index contributed by atoms with van der Waals surface area (Å²) in [5.41, 5.74) is 2.48. The summed E-state index contributed by atoms with van der Waals surface area (Å²) < 4.78 is 10.7. The van der Waals surface area contributed by atoms with E-state index in [1.165, 1.54) is 11.1 Å². The Morgan fingerprint density at radius 2 is 1.58 bits per heavy atom.